The zero-order valence-electron chi connectivity index (χ0n) is 29.9. The lowest BCUT2D eigenvalue weighted by Gasteiger charge is -2.59. The standard InChI is InChI=1S/C39H42ClN3O9/c1-21-13-24-14-26-28(17-41)43-27(34(42(26)3)32(24)38(35(21)47-5)49-19-46-4)15-25-33(29(43)18-48-30(44)12-11-23-9-7-6-8-10-23)39-37(50-20-51-39)22(2)36(25)52-31(45)16-40/h6-10,13,26-29,34H,11-12,14-16,18-20H2,1-5H3/t26-,27?,28-,29-,34-/m0/s1. The molecule has 0 spiro atoms. The second-order valence-electron chi connectivity index (χ2n) is 13.6. The van der Waals surface area contributed by atoms with Gasteiger partial charge in [-0.1, -0.05) is 36.4 Å². The maximum absolute atomic E-state index is 13.4. The lowest BCUT2D eigenvalue weighted by molar-refractivity contribution is -0.149. The predicted molar refractivity (Wildman–Crippen MR) is 189 cm³/mol. The van der Waals surface area contributed by atoms with Crippen LogP contribution < -0.4 is 23.7 Å². The number of esters is 2. The first-order valence-corrected chi connectivity index (χ1v) is 17.9. The third-order valence-corrected chi connectivity index (χ3v) is 11.0. The van der Waals surface area contributed by atoms with Crippen LogP contribution in [0.3, 0.4) is 0 Å². The molecule has 274 valence electrons. The van der Waals surface area contributed by atoms with Crippen LogP contribution in [-0.4, -0.2) is 87.2 Å². The van der Waals surface area contributed by atoms with Gasteiger partial charge in [0, 0.05) is 47.9 Å². The molecule has 4 heterocycles. The van der Waals surface area contributed by atoms with Crippen LogP contribution in [0.5, 0.6) is 28.7 Å². The Morgan fingerprint density at radius 2 is 1.77 bits per heavy atom. The van der Waals surface area contributed by atoms with Gasteiger partial charge in [0.05, 0.1) is 25.3 Å². The van der Waals surface area contributed by atoms with Gasteiger partial charge in [-0.2, -0.15) is 5.26 Å². The topological polar surface area (TPSA) is 129 Å². The Balaban J connectivity index is 1.39. The van der Waals surface area contributed by atoms with Crippen LogP contribution in [0.25, 0.3) is 0 Å². The van der Waals surface area contributed by atoms with E-state index in [4.69, 9.17) is 44.8 Å². The second-order valence-corrected chi connectivity index (χ2v) is 13.8. The van der Waals surface area contributed by atoms with Crippen molar-refractivity contribution in [2.24, 2.45) is 0 Å². The van der Waals surface area contributed by atoms with Gasteiger partial charge in [-0.05, 0) is 56.8 Å². The highest BCUT2D eigenvalue weighted by atomic mass is 35.5. The maximum atomic E-state index is 13.4. The predicted octanol–water partition coefficient (Wildman–Crippen LogP) is 5.12. The number of fused-ring (bicyclic) bond motifs is 9. The number of piperazine rings is 1. The largest absolute Gasteiger partial charge is 0.493 e. The monoisotopic (exact) mass is 731 g/mol. The fraction of sp³-hybridized carbons (Fsp3) is 0.462. The van der Waals surface area contributed by atoms with Gasteiger partial charge in [0.1, 0.15) is 24.3 Å². The highest BCUT2D eigenvalue weighted by Gasteiger charge is 2.57. The second kappa shape index (κ2) is 14.8. The fourth-order valence-corrected chi connectivity index (χ4v) is 8.70. The van der Waals surface area contributed by atoms with Crippen molar-refractivity contribution in [2.75, 3.05) is 47.3 Å². The summed E-state index contributed by atoms with van der Waals surface area (Å²) >= 11 is 5.96. The summed E-state index contributed by atoms with van der Waals surface area (Å²) in [5.41, 5.74) is 5.91. The van der Waals surface area contributed by atoms with E-state index in [1.165, 1.54) is 0 Å². The van der Waals surface area contributed by atoms with E-state index in [0.717, 1.165) is 22.3 Å². The van der Waals surface area contributed by atoms with Gasteiger partial charge in [-0.15, -0.1) is 11.6 Å². The first-order valence-electron chi connectivity index (χ1n) is 17.3. The van der Waals surface area contributed by atoms with Crippen LogP contribution in [0.15, 0.2) is 36.4 Å². The minimum Gasteiger partial charge on any atom is -0.493 e. The molecule has 7 rings (SSSR count). The molecule has 12 nitrogen and oxygen atoms in total. The van der Waals surface area contributed by atoms with E-state index in [1.54, 1.807) is 14.2 Å². The van der Waals surface area contributed by atoms with E-state index >= 15 is 0 Å². The summed E-state index contributed by atoms with van der Waals surface area (Å²) in [6.07, 6.45) is 1.63. The molecule has 52 heavy (non-hydrogen) atoms. The summed E-state index contributed by atoms with van der Waals surface area (Å²) in [5.74, 6) is 1.11. The third-order valence-electron chi connectivity index (χ3n) is 10.8. The Morgan fingerprint density at radius 1 is 1.00 bits per heavy atom. The van der Waals surface area contributed by atoms with Crippen molar-refractivity contribution in [1.82, 2.24) is 9.80 Å². The van der Waals surface area contributed by atoms with E-state index in [0.29, 0.717) is 64.7 Å². The molecule has 1 fully saturated rings. The molecule has 4 aliphatic heterocycles. The number of methoxy groups -OCH3 is 2. The summed E-state index contributed by atoms with van der Waals surface area (Å²) in [6, 6.07) is 12.3. The number of nitrogens with zero attached hydrogens (tertiary/aromatic N) is 3. The molecule has 13 heteroatoms. The Morgan fingerprint density at radius 3 is 2.48 bits per heavy atom. The number of likely N-dealkylation sites (N-methyl/N-ethyl adjacent to an activating group) is 1. The summed E-state index contributed by atoms with van der Waals surface area (Å²) in [5, 5.41) is 11.0. The number of carbonyl (C=O) groups is 2. The van der Waals surface area contributed by atoms with Crippen molar-refractivity contribution in [2.45, 2.75) is 69.7 Å². The van der Waals surface area contributed by atoms with Gasteiger partial charge in [0.25, 0.3) is 0 Å². The molecule has 0 N–H and O–H groups in total. The van der Waals surface area contributed by atoms with E-state index in [2.05, 4.69) is 21.9 Å². The Kier molecular flexibility index (Phi) is 10.2. The summed E-state index contributed by atoms with van der Waals surface area (Å²) in [7, 11) is 5.21. The van der Waals surface area contributed by atoms with Gasteiger partial charge >= 0.3 is 11.9 Å². The van der Waals surface area contributed by atoms with Crippen LogP contribution in [0.1, 0.15) is 57.4 Å². The van der Waals surface area contributed by atoms with Crippen molar-refractivity contribution in [1.29, 1.82) is 5.26 Å². The van der Waals surface area contributed by atoms with Gasteiger partial charge in [-0.25, -0.2) is 0 Å². The maximum Gasteiger partial charge on any atom is 0.326 e. The number of alkyl halides is 1. The van der Waals surface area contributed by atoms with Crippen molar-refractivity contribution in [3.8, 4) is 34.8 Å². The smallest absolute Gasteiger partial charge is 0.326 e. The van der Waals surface area contributed by atoms with E-state index in [9.17, 15) is 14.9 Å². The molecule has 2 bridgehead atoms. The minimum atomic E-state index is -0.653. The first-order chi connectivity index (χ1) is 25.2. The lowest BCUT2D eigenvalue weighted by Crippen LogP contribution is -2.68. The number of halogens is 1. The zero-order chi connectivity index (χ0) is 36.7. The van der Waals surface area contributed by atoms with E-state index in [1.807, 2.05) is 51.2 Å². The van der Waals surface area contributed by atoms with Crippen molar-refractivity contribution in [3.05, 3.63) is 75.3 Å². The number of aryl methyl sites for hydroxylation is 2. The lowest BCUT2D eigenvalue weighted by atomic mass is 9.71. The highest BCUT2D eigenvalue weighted by molar-refractivity contribution is 6.26. The first kappa shape index (κ1) is 35.8. The molecule has 4 aliphatic rings. The van der Waals surface area contributed by atoms with E-state index in [-0.39, 0.29) is 56.6 Å². The SMILES string of the molecule is COCOc1c(OC)c(C)cc2c1[C@@H]1C3Cc4c(OC(=O)CCl)c(C)c5c(c4[C@H](COC(=O)CCc4ccccc4)N3[C@@H](C#N)[C@H](C2)N1C)OCO5. The molecule has 3 aromatic rings. The van der Waals surface area contributed by atoms with Crippen LogP contribution >= 0.6 is 11.6 Å². The molecular weight excluding hydrogens is 690 g/mol. The summed E-state index contributed by atoms with van der Waals surface area (Å²) in [4.78, 5) is 30.6. The Labute approximate surface area is 308 Å². The minimum absolute atomic E-state index is 0.00685. The van der Waals surface area contributed by atoms with Gasteiger partial charge < -0.3 is 33.2 Å². The number of rotatable bonds is 11. The Hall–Kier alpha value is -4.54. The van der Waals surface area contributed by atoms with Crippen molar-refractivity contribution in [3.63, 3.8) is 0 Å². The average Bonchev–Trinajstić information content (AvgIpc) is 3.64. The molecule has 3 aromatic carbocycles. The quantitative estimate of drug-likeness (QED) is 0.112. The molecule has 0 saturated carbocycles. The molecule has 1 saturated heterocycles. The number of ether oxygens (including phenoxy) is 7. The van der Waals surface area contributed by atoms with Gasteiger partial charge in [0.2, 0.25) is 6.79 Å². The van der Waals surface area contributed by atoms with Gasteiger partial charge in [0.15, 0.2) is 29.8 Å². The number of nitriles is 1. The normalized spacial score (nSPS) is 22.8. The Bertz CT molecular complexity index is 1920. The van der Waals surface area contributed by atoms with Crippen molar-refractivity contribution < 1.29 is 42.7 Å². The fourth-order valence-electron chi connectivity index (χ4n) is 8.64. The van der Waals surface area contributed by atoms with E-state index < -0.39 is 18.1 Å². The molecule has 0 aliphatic carbocycles. The number of hydrogen-bond donors (Lipinski definition) is 0. The number of hydrogen-bond acceptors (Lipinski definition) is 12. The summed E-state index contributed by atoms with van der Waals surface area (Å²) < 4.78 is 41.7. The van der Waals surface area contributed by atoms with Crippen LogP contribution in [-0.2, 0) is 38.3 Å². The van der Waals surface area contributed by atoms with Crippen molar-refractivity contribution >= 4 is 23.5 Å². The highest BCUT2D eigenvalue weighted by Crippen LogP contribution is 2.58. The molecule has 0 aromatic heterocycles. The van der Waals surface area contributed by atoms with Crippen LogP contribution in [0, 0.1) is 25.2 Å². The molecular formula is C39H42ClN3O9. The van der Waals surface area contributed by atoms with Crippen LogP contribution in [0.4, 0.5) is 0 Å². The number of carbonyl (C=O) groups excluding carboxylic acids is 2. The molecule has 5 atom stereocenters. The molecule has 0 amide bonds. The molecule has 1 unspecified atom stereocenters. The van der Waals surface area contributed by atoms with Crippen LogP contribution in [0.2, 0.25) is 0 Å². The third kappa shape index (κ3) is 6.09. The van der Waals surface area contributed by atoms with Gasteiger partial charge in [-0.3, -0.25) is 19.4 Å². The summed E-state index contributed by atoms with van der Waals surface area (Å²) in [6.45, 7) is 3.69. The zero-order valence-corrected chi connectivity index (χ0v) is 30.7. The number of benzene rings is 3. The average molecular weight is 732 g/mol. The molecule has 0 radical (unpaired) electrons.